The van der Waals surface area contributed by atoms with Crippen LogP contribution in [0.4, 0.5) is 0 Å². The summed E-state index contributed by atoms with van der Waals surface area (Å²) in [6, 6.07) is 10.1. The highest BCUT2D eigenvalue weighted by atomic mass is 79.9. The molecule has 0 bridgehead atoms. The fourth-order valence-electron chi connectivity index (χ4n) is 2.05. The lowest BCUT2D eigenvalue weighted by Gasteiger charge is -2.13. The van der Waals surface area contributed by atoms with E-state index >= 15 is 0 Å². The van der Waals surface area contributed by atoms with Crippen molar-refractivity contribution in [3.8, 4) is 17.2 Å². The Morgan fingerprint density at radius 3 is 2.15 bits per heavy atom. The number of nitrogens with zero attached hydrogens (tertiary/aromatic N) is 1. The van der Waals surface area contributed by atoms with Crippen LogP contribution >= 0.6 is 15.9 Å². The number of nitrogens with one attached hydrogen (secondary N) is 1. The molecule has 1 N–H and O–H groups in total. The zero-order chi connectivity index (χ0) is 19.1. The minimum Gasteiger partial charge on any atom is -0.493 e. The lowest BCUT2D eigenvalue weighted by molar-refractivity contribution is -0.132. The van der Waals surface area contributed by atoms with Crippen molar-refractivity contribution in [3.63, 3.8) is 0 Å². The van der Waals surface area contributed by atoms with Gasteiger partial charge in [0.2, 0.25) is 5.75 Å². The molecule has 0 aliphatic rings. The van der Waals surface area contributed by atoms with E-state index in [0.29, 0.717) is 22.6 Å². The number of carbonyl (C=O) groups excluding carboxylic acids is 2. The molecule has 2 rings (SSSR count). The lowest BCUT2D eigenvalue weighted by atomic mass is 10.2. The average Bonchev–Trinajstić information content (AvgIpc) is 2.62. The number of hydrogen-bond donors (Lipinski definition) is 1. The molecule has 136 valence electrons. The molecule has 0 aliphatic heterocycles. The largest absolute Gasteiger partial charge is 0.493 e. The molecule has 0 saturated carbocycles. The average molecular weight is 421 g/mol. The summed E-state index contributed by atoms with van der Waals surface area (Å²) in [6.07, 6.45) is 1.43. The van der Waals surface area contributed by atoms with Crippen molar-refractivity contribution in [1.29, 1.82) is 0 Å². The third kappa shape index (κ3) is 5.06. The summed E-state index contributed by atoms with van der Waals surface area (Å²) in [4.78, 5) is 23.2. The first kappa shape index (κ1) is 19.5. The molecule has 0 fully saturated rings. The molecule has 7 nitrogen and oxygen atoms in total. The van der Waals surface area contributed by atoms with Crippen LogP contribution < -0.4 is 19.6 Å². The van der Waals surface area contributed by atoms with Gasteiger partial charge in [0.15, 0.2) is 11.5 Å². The van der Waals surface area contributed by atoms with E-state index in [1.165, 1.54) is 27.4 Å². The summed E-state index contributed by atoms with van der Waals surface area (Å²) in [5.41, 5.74) is 3.50. The topological polar surface area (TPSA) is 86.2 Å². The van der Waals surface area contributed by atoms with Gasteiger partial charge in [0.05, 0.1) is 20.4 Å². The molecule has 0 aliphatic carbocycles. The number of methoxy groups -OCH3 is 2. The maximum atomic E-state index is 12.0. The number of hydrazone groups is 1. The van der Waals surface area contributed by atoms with Crippen LogP contribution in [0.15, 0.2) is 46.0 Å². The quantitative estimate of drug-likeness (QED) is 0.335. The number of hydrogen-bond acceptors (Lipinski definition) is 6. The fraction of sp³-hybridized carbons (Fsp3) is 0.167. The molecule has 0 unspecified atom stereocenters. The SMILES string of the molecule is COc1cc(/C=N\NC(=O)c2ccc(Br)cc2)cc(OC)c1OC(C)=O. The first-order chi connectivity index (χ1) is 12.4. The van der Waals surface area contributed by atoms with Gasteiger partial charge in [-0.3, -0.25) is 9.59 Å². The first-order valence-electron chi connectivity index (χ1n) is 7.48. The van der Waals surface area contributed by atoms with Crippen LogP contribution in [0, 0.1) is 0 Å². The van der Waals surface area contributed by atoms with E-state index in [9.17, 15) is 9.59 Å². The van der Waals surface area contributed by atoms with Gasteiger partial charge in [-0.1, -0.05) is 15.9 Å². The summed E-state index contributed by atoms with van der Waals surface area (Å²) in [5.74, 6) is -0.0481. The molecule has 0 radical (unpaired) electrons. The zero-order valence-corrected chi connectivity index (χ0v) is 16.0. The lowest BCUT2D eigenvalue weighted by Crippen LogP contribution is -2.17. The van der Waals surface area contributed by atoms with Crippen LogP contribution in [0.5, 0.6) is 17.2 Å². The predicted octanol–water partition coefficient (Wildman–Crippen LogP) is 3.16. The van der Waals surface area contributed by atoms with Crippen LogP contribution in [0.3, 0.4) is 0 Å². The van der Waals surface area contributed by atoms with Gasteiger partial charge in [-0.2, -0.15) is 5.10 Å². The predicted molar refractivity (Wildman–Crippen MR) is 100 cm³/mol. The van der Waals surface area contributed by atoms with Gasteiger partial charge in [0.25, 0.3) is 5.91 Å². The number of halogens is 1. The summed E-state index contributed by atoms with van der Waals surface area (Å²) in [5, 5.41) is 3.93. The Morgan fingerprint density at radius 1 is 1.08 bits per heavy atom. The van der Waals surface area contributed by atoms with Crippen molar-refractivity contribution < 1.29 is 23.8 Å². The van der Waals surface area contributed by atoms with E-state index in [1.54, 1.807) is 36.4 Å². The number of ether oxygens (including phenoxy) is 3. The fourth-order valence-corrected chi connectivity index (χ4v) is 2.31. The highest BCUT2D eigenvalue weighted by molar-refractivity contribution is 9.10. The van der Waals surface area contributed by atoms with Crippen LogP contribution in [0.2, 0.25) is 0 Å². The van der Waals surface area contributed by atoms with Gasteiger partial charge in [-0.15, -0.1) is 0 Å². The molecular formula is C18H17BrN2O5. The van der Waals surface area contributed by atoms with E-state index in [4.69, 9.17) is 14.2 Å². The zero-order valence-electron chi connectivity index (χ0n) is 14.4. The van der Waals surface area contributed by atoms with Crippen LogP contribution in [0.25, 0.3) is 0 Å². The van der Waals surface area contributed by atoms with Crippen molar-refractivity contribution in [2.75, 3.05) is 14.2 Å². The van der Waals surface area contributed by atoms with Crippen molar-refractivity contribution >= 4 is 34.0 Å². The van der Waals surface area contributed by atoms with E-state index < -0.39 is 5.97 Å². The monoisotopic (exact) mass is 420 g/mol. The maximum absolute atomic E-state index is 12.0. The number of rotatable bonds is 6. The third-order valence-corrected chi connectivity index (χ3v) is 3.74. The van der Waals surface area contributed by atoms with Gasteiger partial charge in [-0.05, 0) is 36.4 Å². The summed E-state index contributed by atoms with van der Waals surface area (Å²) < 4.78 is 16.4. The minimum absolute atomic E-state index is 0.179. The molecule has 26 heavy (non-hydrogen) atoms. The summed E-state index contributed by atoms with van der Waals surface area (Å²) >= 11 is 3.31. The Morgan fingerprint density at radius 2 is 1.65 bits per heavy atom. The van der Waals surface area contributed by atoms with Crippen molar-refractivity contribution in [3.05, 3.63) is 52.0 Å². The summed E-state index contributed by atoms with van der Waals surface area (Å²) in [6.45, 7) is 1.28. The molecular weight excluding hydrogens is 404 g/mol. The molecule has 8 heteroatoms. The second-order valence-corrected chi connectivity index (χ2v) is 5.97. The first-order valence-corrected chi connectivity index (χ1v) is 8.27. The minimum atomic E-state index is -0.496. The normalized spacial score (nSPS) is 10.5. The Bertz CT molecular complexity index is 809. The van der Waals surface area contributed by atoms with E-state index in [2.05, 4.69) is 26.5 Å². The number of benzene rings is 2. The Hall–Kier alpha value is -2.87. The molecule has 2 aromatic carbocycles. The molecule has 1 amide bonds. The second kappa shape index (κ2) is 9.00. The van der Waals surface area contributed by atoms with Crippen molar-refractivity contribution in [2.24, 2.45) is 5.10 Å². The molecule has 2 aromatic rings. The van der Waals surface area contributed by atoms with E-state index in [1.807, 2.05) is 0 Å². The van der Waals surface area contributed by atoms with Crippen LogP contribution in [-0.4, -0.2) is 32.3 Å². The molecule has 0 atom stereocenters. The van der Waals surface area contributed by atoms with Crippen LogP contribution in [0.1, 0.15) is 22.8 Å². The number of carbonyl (C=O) groups is 2. The van der Waals surface area contributed by atoms with Gasteiger partial charge in [0, 0.05) is 22.5 Å². The van der Waals surface area contributed by atoms with Gasteiger partial charge in [-0.25, -0.2) is 5.43 Å². The van der Waals surface area contributed by atoms with E-state index in [0.717, 1.165) is 4.47 Å². The maximum Gasteiger partial charge on any atom is 0.308 e. The van der Waals surface area contributed by atoms with E-state index in [-0.39, 0.29) is 11.7 Å². The van der Waals surface area contributed by atoms with Gasteiger partial charge in [0.1, 0.15) is 0 Å². The highest BCUT2D eigenvalue weighted by Gasteiger charge is 2.15. The third-order valence-electron chi connectivity index (χ3n) is 3.21. The molecule has 0 heterocycles. The Balaban J connectivity index is 2.17. The smallest absolute Gasteiger partial charge is 0.308 e. The molecule has 0 saturated heterocycles. The number of esters is 1. The van der Waals surface area contributed by atoms with Crippen molar-refractivity contribution in [2.45, 2.75) is 6.92 Å². The Kier molecular flexibility index (Phi) is 6.74. The molecule has 0 aromatic heterocycles. The van der Waals surface area contributed by atoms with Crippen molar-refractivity contribution in [1.82, 2.24) is 5.43 Å². The number of amides is 1. The second-order valence-electron chi connectivity index (χ2n) is 5.05. The van der Waals surface area contributed by atoms with Crippen LogP contribution in [-0.2, 0) is 4.79 Å². The van der Waals surface area contributed by atoms with Gasteiger partial charge < -0.3 is 14.2 Å². The van der Waals surface area contributed by atoms with Gasteiger partial charge >= 0.3 is 5.97 Å². The summed E-state index contributed by atoms with van der Waals surface area (Å²) in [7, 11) is 2.88. The Labute approximate surface area is 159 Å². The highest BCUT2D eigenvalue weighted by Crippen LogP contribution is 2.38. The standard InChI is InChI=1S/C18H17BrN2O5/c1-11(22)26-17-15(24-2)8-12(9-16(17)25-3)10-20-21-18(23)13-4-6-14(19)7-5-13/h4-10H,1-3H3,(H,21,23)/b20-10-. The molecule has 0 spiro atoms.